The number of aryl methyl sites for hydroxylation is 1. The lowest BCUT2D eigenvalue weighted by atomic mass is 10.3. The number of rotatable bonds is 4. The van der Waals surface area contributed by atoms with E-state index < -0.39 is 0 Å². The van der Waals surface area contributed by atoms with Crippen molar-refractivity contribution in [3.05, 3.63) is 16.1 Å². The highest BCUT2D eigenvalue weighted by Crippen LogP contribution is 2.15. The maximum atomic E-state index is 5.53. The molecule has 3 nitrogen and oxygen atoms in total. The fourth-order valence-electron chi connectivity index (χ4n) is 2.01. The smallest absolute Gasteiger partial charge is 0.0928 e. The molecule has 0 amide bonds. The third kappa shape index (κ3) is 3.27. The summed E-state index contributed by atoms with van der Waals surface area (Å²) < 4.78 is 5.53. The van der Waals surface area contributed by atoms with Gasteiger partial charge >= 0.3 is 0 Å². The second-order valence-electron chi connectivity index (χ2n) is 4.40. The van der Waals surface area contributed by atoms with Crippen LogP contribution in [0, 0.1) is 0 Å². The molecule has 1 aliphatic rings. The van der Waals surface area contributed by atoms with E-state index >= 15 is 0 Å². The van der Waals surface area contributed by atoms with Gasteiger partial charge in [0.2, 0.25) is 0 Å². The quantitative estimate of drug-likeness (QED) is 0.807. The number of nitrogens with zero attached hydrogens (tertiary/aromatic N) is 2. The number of ether oxygens (including phenoxy) is 1. The van der Waals surface area contributed by atoms with Crippen molar-refractivity contribution in [1.29, 1.82) is 0 Å². The highest BCUT2D eigenvalue weighted by atomic mass is 32.1. The number of aromatic nitrogens is 1. The number of hydrogen-bond acceptors (Lipinski definition) is 4. The molecule has 1 aromatic heterocycles. The Labute approximate surface area is 101 Å². The minimum atomic E-state index is 0.363. The van der Waals surface area contributed by atoms with Gasteiger partial charge in [-0.15, -0.1) is 11.3 Å². The molecule has 2 rings (SSSR count). The Morgan fingerprint density at radius 1 is 1.62 bits per heavy atom. The molecule has 0 bridgehead atoms. The van der Waals surface area contributed by atoms with Crippen molar-refractivity contribution in [3.8, 4) is 0 Å². The zero-order chi connectivity index (χ0) is 11.4. The Kier molecular flexibility index (Phi) is 4.32. The summed E-state index contributed by atoms with van der Waals surface area (Å²) in [5.41, 5.74) is 1.22. The number of thiazole rings is 1. The Bertz CT molecular complexity index is 327. The van der Waals surface area contributed by atoms with Crippen LogP contribution >= 0.6 is 11.3 Å². The van der Waals surface area contributed by atoms with Gasteiger partial charge < -0.3 is 4.74 Å². The van der Waals surface area contributed by atoms with Crippen molar-refractivity contribution in [2.75, 3.05) is 19.7 Å². The SMILES string of the molecule is CCCc1nc(CN2CCO[C@H](C)C2)cs1. The lowest BCUT2D eigenvalue weighted by molar-refractivity contribution is -0.0215. The van der Waals surface area contributed by atoms with Gasteiger partial charge in [0.1, 0.15) is 0 Å². The van der Waals surface area contributed by atoms with E-state index in [1.54, 1.807) is 11.3 Å². The molecule has 90 valence electrons. The first-order chi connectivity index (χ1) is 7.78. The molecular formula is C12H20N2OS. The van der Waals surface area contributed by atoms with Crippen LogP contribution in [0.25, 0.3) is 0 Å². The second kappa shape index (κ2) is 5.75. The van der Waals surface area contributed by atoms with Crippen molar-refractivity contribution in [2.24, 2.45) is 0 Å². The molecule has 0 N–H and O–H groups in total. The maximum Gasteiger partial charge on any atom is 0.0928 e. The van der Waals surface area contributed by atoms with E-state index in [-0.39, 0.29) is 0 Å². The van der Waals surface area contributed by atoms with Crippen LogP contribution in [-0.2, 0) is 17.7 Å². The van der Waals surface area contributed by atoms with Gasteiger partial charge in [0.25, 0.3) is 0 Å². The standard InChI is InChI=1S/C12H20N2OS/c1-3-4-12-13-11(9-16-12)8-14-5-6-15-10(2)7-14/h9-10H,3-8H2,1-2H3/t10-/m1/s1. The summed E-state index contributed by atoms with van der Waals surface area (Å²) in [7, 11) is 0. The first kappa shape index (κ1) is 12.0. The molecule has 1 fully saturated rings. The normalized spacial score (nSPS) is 22.5. The number of morpholine rings is 1. The van der Waals surface area contributed by atoms with Gasteiger partial charge in [-0.3, -0.25) is 4.90 Å². The van der Waals surface area contributed by atoms with E-state index in [4.69, 9.17) is 4.74 Å². The van der Waals surface area contributed by atoms with Crippen LogP contribution in [0.5, 0.6) is 0 Å². The molecule has 1 aromatic rings. The monoisotopic (exact) mass is 240 g/mol. The van der Waals surface area contributed by atoms with E-state index in [9.17, 15) is 0 Å². The molecule has 4 heteroatoms. The Hall–Kier alpha value is -0.450. The summed E-state index contributed by atoms with van der Waals surface area (Å²) in [5.74, 6) is 0. The predicted molar refractivity (Wildman–Crippen MR) is 66.8 cm³/mol. The minimum absolute atomic E-state index is 0.363. The summed E-state index contributed by atoms with van der Waals surface area (Å²) in [6.45, 7) is 8.23. The maximum absolute atomic E-state index is 5.53. The van der Waals surface area contributed by atoms with Crippen LogP contribution in [0.15, 0.2) is 5.38 Å². The fourth-order valence-corrected chi connectivity index (χ4v) is 2.90. The summed E-state index contributed by atoms with van der Waals surface area (Å²) in [6, 6.07) is 0. The van der Waals surface area contributed by atoms with Crippen molar-refractivity contribution in [3.63, 3.8) is 0 Å². The Morgan fingerprint density at radius 3 is 3.25 bits per heavy atom. The molecule has 0 radical (unpaired) electrons. The highest BCUT2D eigenvalue weighted by Gasteiger charge is 2.17. The molecule has 0 saturated carbocycles. The van der Waals surface area contributed by atoms with E-state index in [0.717, 1.165) is 32.7 Å². The molecule has 0 aromatic carbocycles. The molecular weight excluding hydrogens is 220 g/mol. The lowest BCUT2D eigenvalue weighted by Crippen LogP contribution is -2.40. The van der Waals surface area contributed by atoms with Gasteiger partial charge in [0.15, 0.2) is 0 Å². The van der Waals surface area contributed by atoms with Gasteiger partial charge in [-0.2, -0.15) is 0 Å². The third-order valence-electron chi connectivity index (χ3n) is 2.77. The van der Waals surface area contributed by atoms with Crippen LogP contribution in [-0.4, -0.2) is 35.7 Å². The van der Waals surface area contributed by atoms with Crippen LogP contribution < -0.4 is 0 Å². The fraction of sp³-hybridized carbons (Fsp3) is 0.750. The molecule has 0 unspecified atom stereocenters. The van der Waals surface area contributed by atoms with Gasteiger partial charge in [-0.1, -0.05) is 6.92 Å². The first-order valence-electron chi connectivity index (χ1n) is 6.05. The van der Waals surface area contributed by atoms with Crippen molar-refractivity contribution < 1.29 is 4.74 Å². The molecule has 1 saturated heterocycles. The van der Waals surface area contributed by atoms with E-state index in [1.165, 1.54) is 17.1 Å². The Balaban J connectivity index is 1.87. The molecule has 2 heterocycles. The zero-order valence-corrected chi connectivity index (χ0v) is 10.9. The topological polar surface area (TPSA) is 25.4 Å². The summed E-state index contributed by atoms with van der Waals surface area (Å²) in [5, 5.41) is 3.48. The van der Waals surface area contributed by atoms with Gasteiger partial charge in [0.05, 0.1) is 23.4 Å². The van der Waals surface area contributed by atoms with Crippen molar-refractivity contribution >= 4 is 11.3 Å². The molecule has 16 heavy (non-hydrogen) atoms. The van der Waals surface area contributed by atoms with Crippen molar-refractivity contribution in [2.45, 2.75) is 39.3 Å². The molecule has 0 spiro atoms. The van der Waals surface area contributed by atoms with Crippen molar-refractivity contribution in [1.82, 2.24) is 9.88 Å². The molecule has 1 aliphatic heterocycles. The second-order valence-corrected chi connectivity index (χ2v) is 5.34. The van der Waals surface area contributed by atoms with Crippen LogP contribution in [0.2, 0.25) is 0 Å². The summed E-state index contributed by atoms with van der Waals surface area (Å²) in [4.78, 5) is 7.08. The van der Waals surface area contributed by atoms with Gasteiger partial charge in [-0.05, 0) is 19.8 Å². The summed E-state index contributed by atoms with van der Waals surface area (Å²) >= 11 is 1.79. The average Bonchev–Trinajstić information content (AvgIpc) is 2.66. The number of hydrogen-bond donors (Lipinski definition) is 0. The lowest BCUT2D eigenvalue weighted by Gasteiger charge is -2.30. The zero-order valence-electron chi connectivity index (χ0n) is 10.1. The Morgan fingerprint density at radius 2 is 2.50 bits per heavy atom. The third-order valence-corrected chi connectivity index (χ3v) is 3.73. The van der Waals surface area contributed by atoms with Crippen LogP contribution in [0.1, 0.15) is 31.0 Å². The van der Waals surface area contributed by atoms with E-state index in [2.05, 4.69) is 29.1 Å². The van der Waals surface area contributed by atoms with Gasteiger partial charge in [-0.25, -0.2) is 4.98 Å². The average molecular weight is 240 g/mol. The minimum Gasteiger partial charge on any atom is -0.376 e. The van der Waals surface area contributed by atoms with Crippen LogP contribution in [0.3, 0.4) is 0 Å². The largest absolute Gasteiger partial charge is 0.376 e. The van der Waals surface area contributed by atoms with Gasteiger partial charge in [0, 0.05) is 25.0 Å². The molecule has 1 atom stereocenters. The van der Waals surface area contributed by atoms with E-state index in [1.807, 2.05) is 0 Å². The highest BCUT2D eigenvalue weighted by molar-refractivity contribution is 7.09. The first-order valence-corrected chi connectivity index (χ1v) is 6.93. The summed E-state index contributed by atoms with van der Waals surface area (Å²) in [6.07, 6.45) is 2.66. The van der Waals surface area contributed by atoms with E-state index in [0.29, 0.717) is 6.10 Å². The predicted octanol–water partition coefficient (Wildman–Crippen LogP) is 2.32. The van der Waals surface area contributed by atoms with Crippen LogP contribution in [0.4, 0.5) is 0 Å². The molecule has 0 aliphatic carbocycles.